The van der Waals surface area contributed by atoms with Crippen molar-refractivity contribution in [3.63, 3.8) is 0 Å². The summed E-state index contributed by atoms with van der Waals surface area (Å²) in [6, 6.07) is 12.0. The number of carbonyl (C=O) groups excluding carboxylic acids is 1. The highest BCUT2D eigenvalue weighted by Crippen LogP contribution is 2.38. The molecule has 0 saturated carbocycles. The Morgan fingerprint density at radius 1 is 1.17 bits per heavy atom. The van der Waals surface area contributed by atoms with Crippen LogP contribution in [0.1, 0.15) is 19.3 Å². The van der Waals surface area contributed by atoms with E-state index in [2.05, 4.69) is 21.7 Å². The van der Waals surface area contributed by atoms with Crippen LogP contribution in [-0.2, 0) is 9.53 Å². The predicted octanol–water partition coefficient (Wildman–Crippen LogP) is 2.33. The molecule has 2 aromatic rings. The summed E-state index contributed by atoms with van der Waals surface area (Å²) >= 11 is 0. The molecule has 0 unspecified atom stereocenters. The summed E-state index contributed by atoms with van der Waals surface area (Å²) in [5, 5.41) is 7.39. The number of pyridine rings is 1. The minimum absolute atomic E-state index is 0.0487. The molecule has 3 atom stereocenters. The molecule has 1 aromatic carbocycles. The van der Waals surface area contributed by atoms with Crippen molar-refractivity contribution in [2.24, 2.45) is 5.92 Å². The van der Waals surface area contributed by atoms with E-state index in [4.69, 9.17) is 4.74 Å². The number of nitrogens with zero attached hydrogens (tertiary/aromatic N) is 1. The summed E-state index contributed by atoms with van der Waals surface area (Å²) in [6.07, 6.45) is 3.49. The van der Waals surface area contributed by atoms with Gasteiger partial charge in [-0.2, -0.15) is 0 Å². The lowest BCUT2D eigenvalue weighted by Gasteiger charge is -2.18. The molecular formula is C18H21N3O2. The van der Waals surface area contributed by atoms with Crippen molar-refractivity contribution < 1.29 is 9.53 Å². The second-order valence-electron chi connectivity index (χ2n) is 6.32. The van der Waals surface area contributed by atoms with Gasteiger partial charge in [0.15, 0.2) is 0 Å². The molecule has 2 bridgehead atoms. The molecule has 3 heterocycles. The van der Waals surface area contributed by atoms with Gasteiger partial charge in [-0.1, -0.05) is 18.2 Å². The molecule has 2 saturated heterocycles. The molecule has 5 heteroatoms. The zero-order valence-electron chi connectivity index (χ0n) is 13.0. The maximum absolute atomic E-state index is 12.2. The highest BCUT2D eigenvalue weighted by Gasteiger charge is 2.44. The third-order valence-electron chi connectivity index (χ3n) is 4.77. The number of carbonyl (C=O) groups is 1. The van der Waals surface area contributed by atoms with Crippen molar-refractivity contribution in [2.75, 3.05) is 18.4 Å². The Hall–Kier alpha value is -2.14. The van der Waals surface area contributed by atoms with E-state index in [0.29, 0.717) is 19.2 Å². The molecule has 4 rings (SSSR count). The molecule has 2 fully saturated rings. The van der Waals surface area contributed by atoms with Gasteiger partial charge < -0.3 is 15.4 Å². The Morgan fingerprint density at radius 3 is 2.91 bits per heavy atom. The largest absolute Gasteiger partial charge is 0.374 e. The lowest BCUT2D eigenvalue weighted by atomic mass is 9.88. The average Bonchev–Trinajstić information content (AvgIpc) is 3.21. The first-order chi connectivity index (χ1) is 11.3. The molecule has 0 aliphatic carbocycles. The second kappa shape index (κ2) is 6.16. The number of fused-ring (bicyclic) bond motifs is 3. The Balaban J connectivity index is 1.25. The first kappa shape index (κ1) is 14.5. The van der Waals surface area contributed by atoms with Gasteiger partial charge >= 0.3 is 0 Å². The molecule has 1 amide bonds. The number of benzene rings is 1. The van der Waals surface area contributed by atoms with Crippen LogP contribution in [0.5, 0.6) is 0 Å². The van der Waals surface area contributed by atoms with Crippen LogP contribution >= 0.6 is 0 Å². The molecule has 23 heavy (non-hydrogen) atoms. The van der Waals surface area contributed by atoms with E-state index in [1.54, 1.807) is 0 Å². The van der Waals surface area contributed by atoms with Crippen molar-refractivity contribution in [3.8, 4) is 0 Å². The maximum atomic E-state index is 12.2. The number of para-hydroxylation sites is 1. The van der Waals surface area contributed by atoms with Gasteiger partial charge in [0.1, 0.15) is 5.82 Å². The number of ether oxygens (including phenoxy) is 1. The Labute approximate surface area is 135 Å². The van der Waals surface area contributed by atoms with Crippen LogP contribution in [0.15, 0.2) is 36.4 Å². The van der Waals surface area contributed by atoms with Crippen LogP contribution < -0.4 is 10.6 Å². The number of amides is 1. The molecule has 2 aliphatic rings. The molecule has 1 aromatic heterocycles. The molecular weight excluding hydrogens is 290 g/mol. The highest BCUT2D eigenvalue weighted by atomic mass is 16.5. The summed E-state index contributed by atoms with van der Waals surface area (Å²) < 4.78 is 5.74. The zero-order valence-corrected chi connectivity index (χ0v) is 13.0. The summed E-state index contributed by atoms with van der Waals surface area (Å²) in [5.41, 5.74) is 0.973. The van der Waals surface area contributed by atoms with Crippen LogP contribution in [0.4, 0.5) is 5.82 Å². The van der Waals surface area contributed by atoms with Crippen LogP contribution in [-0.4, -0.2) is 36.2 Å². The van der Waals surface area contributed by atoms with Crippen LogP contribution in [0, 0.1) is 5.92 Å². The smallest absolute Gasteiger partial charge is 0.225 e. The molecule has 2 aliphatic heterocycles. The van der Waals surface area contributed by atoms with E-state index in [9.17, 15) is 4.79 Å². The molecule has 120 valence electrons. The minimum Gasteiger partial charge on any atom is -0.374 e. The highest BCUT2D eigenvalue weighted by molar-refractivity contribution is 5.80. The second-order valence-corrected chi connectivity index (χ2v) is 6.32. The van der Waals surface area contributed by atoms with Gasteiger partial charge in [-0.15, -0.1) is 0 Å². The molecule has 5 nitrogen and oxygen atoms in total. The summed E-state index contributed by atoms with van der Waals surface area (Å²) in [5.74, 6) is 1.01. The van der Waals surface area contributed by atoms with Crippen molar-refractivity contribution in [3.05, 3.63) is 36.4 Å². The van der Waals surface area contributed by atoms with E-state index in [1.165, 1.54) is 0 Å². The van der Waals surface area contributed by atoms with Gasteiger partial charge in [-0.25, -0.2) is 4.98 Å². The number of nitrogens with one attached hydrogen (secondary N) is 2. The normalized spacial score (nSPS) is 25.7. The number of hydrogen-bond donors (Lipinski definition) is 2. The predicted molar refractivity (Wildman–Crippen MR) is 89.2 cm³/mol. The van der Waals surface area contributed by atoms with Gasteiger partial charge in [0.25, 0.3) is 0 Å². The van der Waals surface area contributed by atoms with E-state index in [1.807, 2.05) is 30.3 Å². The SMILES string of the molecule is O=C(NCCNc1ccc2ccccc2n1)[C@H]1C[C@H]2CC[C@H]1O2. The lowest BCUT2D eigenvalue weighted by Crippen LogP contribution is -2.38. The fraction of sp³-hybridized carbons (Fsp3) is 0.444. The summed E-state index contributed by atoms with van der Waals surface area (Å²) in [6.45, 7) is 1.26. The van der Waals surface area contributed by atoms with Crippen molar-refractivity contribution in [1.82, 2.24) is 10.3 Å². The average molecular weight is 311 g/mol. The van der Waals surface area contributed by atoms with Crippen molar-refractivity contribution in [1.29, 1.82) is 0 Å². The molecule has 0 radical (unpaired) electrons. The van der Waals surface area contributed by atoms with E-state index >= 15 is 0 Å². The van der Waals surface area contributed by atoms with E-state index in [0.717, 1.165) is 36.0 Å². The summed E-state index contributed by atoms with van der Waals surface area (Å²) in [7, 11) is 0. The number of aromatic nitrogens is 1. The third kappa shape index (κ3) is 3.01. The van der Waals surface area contributed by atoms with Gasteiger partial charge in [0.05, 0.1) is 23.6 Å². The number of anilines is 1. The monoisotopic (exact) mass is 311 g/mol. The first-order valence-electron chi connectivity index (χ1n) is 8.32. The van der Waals surface area contributed by atoms with Gasteiger partial charge in [-0.05, 0) is 37.5 Å². The Bertz CT molecular complexity index is 718. The Kier molecular flexibility index (Phi) is 3.87. The van der Waals surface area contributed by atoms with Crippen LogP contribution in [0.3, 0.4) is 0 Å². The van der Waals surface area contributed by atoms with Gasteiger partial charge in [0, 0.05) is 18.5 Å². The number of rotatable bonds is 5. The first-order valence-corrected chi connectivity index (χ1v) is 8.32. The Morgan fingerprint density at radius 2 is 2.09 bits per heavy atom. The number of hydrogen-bond acceptors (Lipinski definition) is 4. The summed E-state index contributed by atoms with van der Waals surface area (Å²) in [4.78, 5) is 16.7. The topological polar surface area (TPSA) is 63.2 Å². The van der Waals surface area contributed by atoms with E-state index < -0.39 is 0 Å². The fourth-order valence-corrected chi connectivity index (χ4v) is 3.59. The van der Waals surface area contributed by atoms with Crippen molar-refractivity contribution in [2.45, 2.75) is 31.5 Å². The van der Waals surface area contributed by atoms with Crippen LogP contribution in [0.25, 0.3) is 10.9 Å². The fourth-order valence-electron chi connectivity index (χ4n) is 3.59. The third-order valence-corrected chi connectivity index (χ3v) is 4.77. The van der Waals surface area contributed by atoms with Gasteiger partial charge in [-0.3, -0.25) is 4.79 Å². The minimum atomic E-state index is 0.0487. The zero-order chi connectivity index (χ0) is 15.6. The van der Waals surface area contributed by atoms with Gasteiger partial charge in [0.2, 0.25) is 5.91 Å². The standard InChI is InChI=1S/C18H21N3O2/c22-18(14-11-13-6-7-16(14)23-13)20-10-9-19-17-8-5-12-3-1-2-4-15(12)21-17/h1-5,8,13-14,16H,6-7,9-11H2,(H,19,21)(H,20,22)/t13-,14+,16-/m1/s1. The van der Waals surface area contributed by atoms with Crippen molar-refractivity contribution >= 4 is 22.6 Å². The van der Waals surface area contributed by atoms with E-state index in [-0.39, 0.29) is 17.9 Å². The lowest BCUT2D eigenvalue weighted by molar-refractivity contribution is -0.126. The quantitative estimate of drug-likeness (QED) is 0.832. The molecule has 0 spiro atoms. The van der Waals surface area contributed by atoms with Crippen LogP contribution in [0.2, 0.25) is 0 Å². The molecule has 2 N–H and O–H groups in total. The maximum Gasteiger partial charge on any atom is 0.225 e.